The van der Waals surface area contributed by atoms with E-state index in [1.165, 1.54) is 11.8 Å². The number of carbonyl (C=O) groups excluding carboxylic acids is 2. The lowest BCUT2D eigenvalue weighted by molar-refractivity contribution is -0.144. The number of esters is 1. The number of ketones is 1. The van der Waals surface area contributed by atoms with E-state index in [9.17, 15) is 9.59 Å². The van der Waals surface area contributed by atoms with Gasteiger partial charge in [-0.3, -0.25) is 9.79 Å². The number of nitrogens with zero attached hydrogens (tertiary/aromatic N) is 1. The Kier molecular flexibility index (Phi) is 4.81. The van der Waals surface area contributed by atoms with Gasteiger partial charge in [-0.1, -0.05) is 0 Å². The largest absolute Gasteiger partial charge is 0.464 e. The molecule has 0 aliphatic carbocycles. The molecule has 0 aromatic rings. The highest BCUT2D eigenvalue weighted by atomic mass is 32.2. The van der Waals surface area contributed by atoms with Gasteiger partial charge >= 0.3 is 5.97 Å². The molecule has 0 saturated carbocycles. The minimum Gasteiger partial charge on any atom is -0.464 e. The van der Waals surface area contributed by atoms with E-state index in [4.69, 9.17) is 4.74 Å². The standard InChI is InChI=1S/C10H15NO3S/c1-3-14-10(13)8-4-5-9(11-8)15-6-7(2)12/h8H,3-6H2,1-2H3/t8-/m0/s1. The molecule has 1 atom stereocenters. The smallest absolute Gasteiger partial charge is 0.330 e. The third kappa shape index (κ3) is 4.03. The molecule has 0 radical (unpaired) electrons. The van der Waals surface area contributed by atoms with Gasteiger partial charge < -0.3 is 4.74 Å². The Labute approximate surface area is 93.5 Å². The maximum Gasteiger partial charge on any atom is 0.330 e. The molecule has 5 heteroatoms. The second kappa shape index (κ2) is 5.90. The van der Waals surface area contributed by atoms with Gasteiger partial charge in [0.15, 0.2) is 0 Å². The van der Waals surface area contributed by atoms with E-state index in [1.807, 2.05) is 0 Å². The highest BCUT2D eigenvalue weighted by molar-refractivity contribution is 8.14. The van der Waals surface area contributed by atoms with Gasteiger partial charge in [-0.05, 0) is 26.7 Å². The molecule has 0 amide bonds. The minimum atomic E-state index is -0.348. The molecular formula is C10H15NO3S. The van der Waals surface area contributed by atoms with Gasteiger partial charge in [-0.2, -0.15) is 0 Å². The molecule has 0 fully saturated rings. The first-order valence-electron chi connectivity index (χ1n) is 4.99. The summed E-state index contributed by atoms with van der Waals surface area (Å²) in [5.41, 5.74) is 0. The number of thioether (sulfide) groups is 1. The Morgan fingerprint density at radius 3 is 2.93 bits per heavy atom. The van der Waals surface area contributed by atoms with Crippen molar-refractivity contribution in [2.24, 2.45) is 4.99 Å². The van der Waals surface area contributed by atoms with Crippen molar-refractivity contribution in [3.05, 3.63) is 0 Å². The first-order valence-corrected chi connectivity index (χ1v) is 5.97. The van der Waals surface area contributed by atoms with Crippen LogP contribution in [0, 0.1) is 0 Å². The first kappa shape index (κ1) is 12.2. The Balaban J connectivity index is 2.40. The molecule has 0 N–H and O–H groups in total. The molecule has 0 spiro atoms. The highest BCUT2D eigenvalue weighted by Gasteiger charge is 2.25. The van der Waals surface area contributed by atoms with Gasteiger partial charge in [-0.15, -0.1) is 11.8 Å². The van der Waals surface area contributed by atoms with E-state index in [2.05, 4.69) is 4.99 Å². The normalized spacial score (nSPS) is 19.9. The molecule has 0 aromatic carbocycles. The summed E-state index contributed by atoms with van der Waals surface area (Å²) >= 11 is 1.42. The van der Waals surface area contributed by atoms with Crippen LogP contribution in [0.2, 0.25) is 0 Å². The van der Waals surface area contributed by atoms with Crippen molar-refractivity contribution in [1.29, 1.82) is 0 Å². The fourth-order valence-electron chi connectivity index (χ4n) is 1.27. The molecule has 1 rings (SSSR count). The van der Waals surface area contributed by atoms with Crippen LogP contribution in [0.5, 0.6) is 0 Å². The predicted octanol–water partition coefficient (Wildman–Crippen LogP) is 1.43. The van der Waals surface area contributed by atoms with Crippen molar-refractivity contribution in [3.63, 3.8) is 0 Å². The van der Waals surface area contributed by atoms with E-state index in [1.54, 1.807) is 13.8 Å². The lowest BCUT2D eigenvalue weighted by Crippen LogP contribution is -2.18. The van der Waals surface area contributed by atoms with Crippen LogP contribution in [0.25, 0.3) is 0 Å². The molecule has 0 unspecified atom stereocenters. The van der Waals surface area contributed by atoms with E-state index >= 15 is 0 Å². The molecule has 0 aromatic heterocycles. The molecule has 1 aliphatic heterocycles. The summed E-state index contributed by atoms with van der Waals surface area (Å²) in [6, 6.07) is -0.348. The summed E-state index contributed by atoms with van der Waals surface area (Å²) in [4.78, 5) is 26.3. The number of ether oxygens (including phenoxy) is 1. The minimum absolute atomic E-state index is 0.127. The third-order valence-corrected chi connectivity index (χ3v) is 3.13. The molecule has 0 saturated heterocycles. The fourth-order valence-corrected chi connectivity index (χ4v) is 2.10. The molecule has 84 valence electrons. The van der Waals surface area contributed by atoms with E-state index in [0.29, 0.717) is 18.8 Å². The van der Waals surface area contributed by atoms with Crippen molar-refractivity contribution < 1.29 is 14.3 Å². The zero-order chi connectivity index (χ0) is 11.3. The van der Waals surface area contributed by atoms with Crippen LogP contribution in [-0.2, 0) is 14.3 Å². The summed E-state index contributed by atoms with van der Waals surface area (Å²) in [5.74, 6) is 0.312. The molecule has 0 bridgehead atoms. The van der Waals surface area contributed by atoms with Gasteiger partial charge in [-0.25, -0.2) is 4.79 Å². The van der Waals surface area contributed by atoms with Crippen LogP contribution in [0.15, 0.2) is 4.99 Å². The van der Waals surface area contributed by atoms with Gasteiger partial charge in [0, 0.05) is 0 Å². The number of rotatable bonds is 4. The molecular weight excluding hydrogens is 214 g/mol. The molecule has 1 heterocycles. The van der Waals surface area contributed by atoms with Crippen LogP contribution >= 0.6 is 11.8 Å². The quantitative estimate of drug-likeness (QED) is 0.684. The summed E-state index contributed by atoms with van der Waals surface area (Å²) in [6.07, 6.45) is 1.49. The predicted molar refractivity (Wildman–Crippen MR) is 60.2 cm³/mol. The van der Waals surface area contributed by atoms with Crippen molar-refractivity contribution in [3.8, 4) is 0 Å². The van der Waals surface area contributed by atoms with E-state index in [-0.39, 0.29) is 17.8 Å². The number of aliphatic imine (C=N–C) groups is 1. The number of hydrogen-bond acceptors (Lipinski definition) is 5. The van der Waals surface area contributed by atoms with Crippen molar-refractivity contribution in [1.82, 2.24) is 0 Å². The second-order valence-corrected chi connectivity index (χ2v) is 4.37. The number of Topliss-reactive ketones (excluding diaryl/α,β-unsaturated/α-hetero) is 1. The summed E-state index contributed by atoms with van der Waals surface area (Å²) in [5, 5.41) is 0.892. The van der Waals surface area contributed by atoms with Gasteiger partial charge in [0.2, 0.25) is 0 Å². The summed E-state index contributed by atoms with van der Waals surface area (Å²) in [6.45, 7) is 3.72. The molecule has 15 heavy (non-hydrogen) atoms. The molecule has 4 nitrogen and oxygen atoms in total. The fraction of sp³-hybridized carbons (Fsp3) is 0.700. The lowest BCUT2D eigenvalue weighted by Gasteiger charge is -2.04. The Morgan fingerprint density at radius 2 is 2.33 bits per heavy atom. The van der Waals surface area contributed by atoms with E-state index < -0.39 is 0 Å². The average Bonchev–Trinajstić information content (AvgIpc) is 2.63. The average molecular weight is 229 g/mol. The van der Waals surface area contributed by atoms with Crippen LogP contribution in [-0.4, -0.2) is 35.2 Å². The molecule has 1 aliphatic rings. The van der Waals surface area contributed by atoms with Gasteiger partial charge in [0.1, 0.15) is 11.8 Å². The zero-order valence-electron chi connectivity index (χ0n) is 8.99. The van der Waals surface area contributed by atoms with Gasteiger partial charge in [0.25, 0.3) is 0 Å². The maximum atomic E-state index is 11.3. The second-order valence-electron chi connectivity index (χ2n) is 3.32. The Hall–Kier alpha value is -0.840. The topological polar surface area (TPSA) is 55.7 Å². The number of hydrogen-bond donors (Lipinski definition) is 0. The maximum absolute atomic E-state index is 11.3. The Bertz CT molecular complexity index is 288. The van der Waals surface area contributed by atoms with Crippen LogP contribution in [0.3, 0.4) is 0 Å². The number of carbonyl (C=O) groups is 2. The highest BCUT2D eigenvalue weighted by Crippen LogP contribution is 2.21. The van der Waals surface area contributed by atoms with E-state index in [0.717, 1.165) is 11.5 Å². The summed E-state index contributed by atoms with van der Waals surface area (Å²) in [7, 11) is 0. The van der Waals surface area contributed by atoms with Gasteiger partial charge in [0.05, 0.1) is 17.4 Å². The van der Waals surface area contributed by atoms with Crippen LogP contribution in [0.4, 0.5) is 0 Å². The van der Waals surface area contributed by atoms with Crippen molar-refractivity contribution >= 4 is 28.6 Å². The third-order valence-electron chi connectivity index (χ3n) is 1.93. The first-order chi connectivity index (χ1) is 7.13. The summed E-state index contributed by atoms with van der Waals surface area (Å²) < 4.78 is 4.88. The lowest BCUT2D eigenvalue weighted by atomic mass is 10.2. The Morgan fingerprint density at radius 1 is 1.60 bits per heavy atom. The van der Waals surface area contributed by atoms with Crippen molar-refractivity contribution in [2.75, 3.05) is 12.4 Å². The SMILES string of the molecule is CCOC(=O)[C@@H]1CCC(SCC(C)=O)=N1. The zero-order valence-corrected chi connectivity index (χ0v) is 9.80. The monoisotopic (exact) mass is 229 g/mol. The van der Waals surface area contributed by atoms with Crippen LogP contribution < -0.4 is 0 Å². The van der Waals surface area contributed by atoms with Crippen LogP contribution in [0.1, 0.15) is 26.7 Å². The van der Waals surface area contributed by atoms with Crippen molar-refractivity contribution in [2.45, 2.75) is 32.7 Å².